The maximum absolute atomic E-state index is 9.10. The summed E-state index contributed by atoms with van der Waals surface area (Å²) in [5.41, 5.74) is 0. The SMILES string of the molecule is C=CCN(CC=C)C1CCCCC1.O=C(O)C(=O)O. The van der Waals surface area contributed by atoms with Crippen LogP contribution in [0, 0.1) is 0 Å². The van der Waals surface area contributed by atoms with Crippen LogP contribution in [-0.2, 0) is 9.59 Å². The van der Waals surface area contributed by atoms with E-state index in [2.05, 4.69) is 18.1 Å². The highest BCUT2D eigenvalue weighted by molar-refractivity contribution is 6.27. The van der Waals surface area contributed by atoms with Gasteiger partial charge in [-0.2, -0.15) is 0 Å². The minimum atomic E-state index is -1.82. The van der Waals surface area contributed by atoms with Crippen molar-refractivity contribution in [1.82, 2.24) is 4.90 Å². The number of hydrogen-bond acceptors (Lipinski definition) is 3. The third-order valence-corrected chi connectivity index (χ3v) is 3.00. The summed E-state index contributed by atoms with van der Waals surface area (Å²) >= 11 is 0. The molecular weight excluding hydrogens is 246 g/mol. The summed E-state index contributed by atoms with van der Waals surface area (Å²) in [5.74, 6) is -3.65. The molecule has 108 valence electrons. The largest absolute Gasteiger partial charge is 0.473 e. The Morgan fingerprint density at radius 3 is 1.74 bits per heavy atom. The number of carboxylic acids is 2. The van der Waals surface area contributed by atoms with Gasteiger partial charge in [0, 0.05) is 19.1 Å². The molecule has 0 aromatic rings. The van der Waals surface area contributed by atoms with Crippen LogP contribution in [0.25, 0.3) is 0 Å². The molecule has 1 saturated carbocycles. The quantitative estimate of drug-likeness (QED) is 0.590. The van der Waals surface area contributed by atoms with Gasteiger partial charge < -0.3 is 10.2 Å². The molecule has 19 heavy (non-hydrogen) atoms. The number of carboxylic acid groups (broad SMARTS) is 2. The second-order valence-electron chi connectivity index (χ2n) is 4.43. The van der Waals surface area contributed by atoms with Crippen molar-refractivity contribution in [2.75, 3.05) is 13.1 Å². The lowest BCUT2D eigenvalue weighted by Gasteiger charge is -2.32. The molecule has 1 aliphatic rings. The third-order valence-electron chi connectivity index (χ3n) is 3.00. The van der Waals surface area contributed by atoms with Crippen molar-refractivity contribution < 1.29 is 19.8 Å². The molecule has 5 nitrogen and oxygen atoms in total. The van der Waals surface area contributed by atoms with Crippen LogP contribution < -0.4 is 0 Å². The van der Waals surface area contributed by atoms with E-state index in [1.807, 2.05) is 12.2 Å². The smallest absolute Gasteiger partial charge is 0.414 e. The second kappa shape index (κ2) is 10.3. The molecule has 0 heterocycles. The summed E-state index contributed by atoms with van der Waals surface area (Å²) in [5, 5.41) is 14.8. The Bertz CT molecular complexity index is 287. The van der Waals surface area contributed by atoms with Gasteiger partial charge in [0.1, 0.15) is 0 Å². The van der Waals surface area contributed by atoms with E-state index >= 15 is 0 Å². The summed E-state index contributed by atoms with van der Waals surface area (Å²) in [7, 11) is 0. The van der Waals surface area contributed by atoms with Crippen LogP contribution in [0.5, 0.6) is 0 Å². The van der Waals surface area contributed by atoms with E-state index in [-0.39, 0.29) is 0 Å². The van der Waals surface area contributed by atoms with Crippen molar-refractivity contribution in [2.45, 2.75) is 38.1 Å². The first kappa shape index (κ1) is 17.4. The molecule has 1 fully saturated rings. The lowest BCUT2D eigenvalue weighted by molar-refractivity contribution is -0.159. The van der Waals surface area contributed by atoms with Crippen LogP contribution in [0.2, 0.25) is 0 Å². The van der Waals surface area contributed by atoms with Crippen LogP contribution in [-0.4, -0.2) is 46.2 Å². The Hall–Kier alpha value is -1.62. The average molecular weight is 269 g/mol. The summed E-state index contributed by atoms with van der Waals surface area (Å²) in [6.45, 7) is 9.62. The number of hydrogen-bond donors (Lipinski definition) is 2. The topological polar surface area (TPSA) is 77.8 Å². The summed E-state index contributed by atoms with van der Waals surface area (Å²) in [4.78, 5) is 20.7. The number of nitrogens with zero attached hydrogens (tertiary/aromatic N) is 1. The van der Waals surface area contributed by atoms with E-state index in [1.54, 1.807) is 0 Å². The molecule has 1 aliphatic carbocycles. The molecule has 0 bridgehead atoms. The van der Waals surface area contributed by atoms with Crippen molar-refractivity contribution in [3.8, 4) is 0 Å². The van der Waals surface area contributed by atoms with Crippen molar-refractivity contribution in [3.63, 3.8) is 0 Å². The number of aliphatic carboxylic acids is 2. The fraction of sp³-hybridized carbons (Fsp3) is 0.571. The van der Waals surface area contributed by atoms with Gasteiger partial charge in [-0.05, 0) is 12.8 Å². The van der Waals surface area contributed by atoms with Crippen LogP contribution in [0.4, 0.5) is 0 Å². The zero-order chi connectivity index (χ0) is 14.7. The van der Waals surface area contributed by atoms with E-state index in [0.717, 1.165) is 19.1 Å². The van der Waals surface area contributed by atoms with E-state index in [4.69, 9.17) is 19.8 Å². The molecule has 0 aromatic carbocycles. The predicted molar refractivity (Wildman–Crippen MR) is 74.1 cm³/mol. The van der Waals surface area contributed by atoms with E-state index in [1.165, 1.54) is 32.1 Å². The van der Waals surface area contributed by atoms with Gasteiger partial charge in [0.15, 0.2) is 0 Å². The van der Waals surface area contributed by atoms with Crippen molar-refractivity contribution >= 4 is 11.9 Å². The molecular formula is C14H23NO4. The van der Waals surface area contributed by atoms with Gasteiger partial charge in [-0.15, -0.1) is 13.2 Å². The van der Waals surface area contributed by atoms with Crippen molar-refractivity contribution in [1.29, 1.82) is 0 Å². The van der Waals surface area contributed by atoms with Gasteiger partial charge in [0.05, 0.1) is 0 Å². The highest BCUT2D eigenvalue weighted by atomic mass is 16.4. The first-order valence-corrected chi connectivity index (χ1v) is 6.45. The lowest BCUT2D eigenvalue weighted by Crippen LogP contribution is -2.36. The fourth-order valence-corrected chi connectivity index (χ4v) is 2.15. The van der Waals surface area contributed by atoms with Crippen LogP contribution in [0.3, 0.4) is 0 Å². The third kappa shape index (κ3) is 8.15. The maximum Gasteiger partial charge on any atom is 0.414 e. The van der Waals surface area contributed by atoms with Crippen LogP contribution >= 0.6 is 0 Å². The Labute approximate surface area is 114 Å². The summed E-state index contributed by atoms with van der Waals surface area (Å²) < 4.78 is 0. The Morgan fingerprint density at radius 1 is 1.00 bits per heavy atom. The van der Waals surface area contributed by atoms with Crippen LogP contribution in [0.15, 0.2) is 25.3 Å². The van der Waals surface area contributed by atoms with E-state index in [0.29, 0.717) is 0 Å². The van der Waals surface area contributed by atoms with Crippen LogP contribution in [0.1, 0.15) is 32.1 Å². The number of carbonyl (C=O) groups is 2. The van der Waals surface area contributed by atoms with E-state index < -0.39 is 11.9 Å². The molecule has 0 spiro atoms. The molecule has 2 N–H and O–H groups in total. The van der Waals surface area contributed by atoms with Gasteiger partial charge in [-0.25, -0.2) is 9.59 Å². The molecule has 0 unspecified atom stereocenters. The average Bonchev–Trinajstić information content (AvgIpc) is 2.40. The van der Waals surface area contributed by atoms with Gasteiger partial charge in [0.25, 0.3) is 0 Å². The minimum absolute atomic E-state index is 0.782. The predicted octanol–water partition coefficient (Wildman–Crippen LogP) is 2.15. The lowest BCUT2D eigenvalue weighted by atomic mass is 9.94. The highest BCUT2D eigenvalue weighted by Gasteiger charge is 2.18. The molecule has 0 aromatic heterocycles. The van der Waals surface area contributed by atoms with Gasteiger partial charge >= 0.3 is 11.9 Å². The Balaban J connectivity index is 0.000000459. The molecule has 0 amide bonds. The standard InChI is InChI=1S/C12H21N.C2H2O4/c1-3-10-13(11-4-2)12-8-6-5-7-9-12;3-1(4)2(5)6/h3-4,12H,1-2,5-11H2;(H,3,4)(H,5,6). The molecule has 5 heteroatoms. The normalized spacial score (nSPS) is 15.2. The summed E-state index contributed by atoms with van der Waals surface area (Å²) in [6, 6.07) is 0.782. The van der Waals surface area contributed by atoms with Gasteiger partial charge in [0.2, 0.25) is 0 Å². The van der Waals surface area contributed by atoms with Gasteiger partial charge in [-0.3, -0.25) is 4.90 Å². The highest BCUT2D eigenvalue weighted by Crippen LogP contribution is 2.22. The fourth-order valence-electron chi connectivity index (χ4n) is 2.15. The van der Waals surface area contributed by atoms with Gasteiger partial charge in [-0.1, -0.05) is 31.4 Å². The Morgan fingerprint density at radius 2 is 1.42 bits per heavy atom. The molecule has 1 rings (SSSR count). The second-order valence-corrected chi connectivity index (χ2v) is 4.43. The summed E-state index contributed by atoms with van der Waals surface area (Å²) in [6.07, 6.45) is 10.9. The number of rotatable bonds is 5. The van der Waals surface area contributed by atoms with Crippen molar-refractivity contribution in [3.05, 3.63) is 25.3 Å². The Kier molecular flexibility index (Phi) is 9.44. The first-order chi connectivity index (χ1) is 9.02. The monoisotopic (exact) mass is 269 g/mol. The zero-order valence-corrected chi connectivity index (χ0v) is 11.3. The molecule has 0 atom stereocenters. The first-order valence-electron chi connectivity index (χ1n) is 6.45. The maximum atomic E-state index is 9.10. The van der Waals surface area contributed by atoms with E-state index in [9.17, 15) is 0 Å². The molecule has 0 saturated heterocycles. The van der Waals surface area contributed by atoms with Crippen molar-refractivity contribution in [2.24, 2.45) is 0 Å². The molecule has 0 radical (unpaired) electrons. The minimum Gasteiger partial charge on any atom is -0.473 e. The zero-order valence-electron chi connectivity index (χ0n) is 11.3. The molecule has 0 aliphatic heterocycles.